The molecular weight excluding hydrogens is 331 g/mol. The van der Waals surface area contributed by atoms with Crippen molar-refractivity contribution in [3.05, 3.63) is 0 Å². The van der Waals surface area contributed by atoms with E-state index in [0.29, 0.717) is 0 Å². The Morgan fingerprint density at radius 3 is 1.05 bits per heavy atom. The van der Waals surface area contributed by atoms with Crippen LogP contribution in [-0.4, -0.2) is 29.8 Å². The Labute approximate surface area is 97.6 Å². The van der Waals surface area contributed by atoms with Gasteiger partial charge in [0.1, 0.15) is 0 Å². The maximum atomic E-state index is 13.0. The Kier molecular flexibility index (Phi) is 4.20. The van der Waals surface area contributed by atoms with Gasteiger partial charge in [-0.15, -0.1) is 0 Å². The van der Waals surface area contributed by atoms with Gasteiger partial charge in [-0.25, -0.2) is 0 Å². The van der Waals surface area contributed by atoms with E-state index in [-0.39, 0.29) is 0 Å². The van der Waals surface area contributed by atoms with Crippen LogP contribution in [0.25, 0.3) is 0 Å². The number of rotatable bonds is 2. The molecule has 0 aromatic rings. The van der Waals surface area contributed by atoms with Gasteiger partial charge in [0.25, 0.3) is 0 Å². The first kappa shape index (κ1) is 18.6. The quantitative estimate of drug-likeness (QED) is 0.452. The van der Waals surface area contributed by atoms with Gasteiger partial charge < -0.3 is 0 Å². The second kappa shape index (κ2) is 4.29. The van der Waals surface area contributed by atoms with Crippen LogP contribution in [0.4, 0.5) is 52.1 Å². The summed E-state index contributed by atoms with van der Waals surface area (Å²) in [5, 5.41) is 0. The van der Waals surface area contributed by atoms with Crippen molar-refractivity contribution in [2.75, 3.05) is 0 Å². The van der Waals surface area contributed by atoms with Gasteiger partial charge in [0, 0.05) is 0 Å². The molecule has 0 saturated carbocycles. The topological polar surface area (TPSA) is 0 Å². The molecule has 0 aromatic heterocycles. The minimum atomic E-state index is -9.71. The van der Waals surface area contributed by atoms with Gasteiger partial charge in [-0.1, -0.05) is 0 Å². The molecular formula is C6H5F12P. The van der Waals surface area contributed by atoms with Crippen LogP contribution in [0.5, 0.6) is 0 Å². The van der Waals surface area contributed by atoms with Gasteiger partial charge in [0.05, 0.1) is 0 Å². The fourth-order valence-corrected chi connectivity index (χ4v) is 3.11. The Balaban J connectivity index is 6.06. The number of alkyl halides is 9. The average Bonchev–Trinajstić information content (AvgIpc) is 1.91. The van der Waals surface area contributed by atoms with Crippen LogP contribution in [0.3, 0.4) is 0 Å². The van der Waals surface area contributed by atoms with Crippen molar-refractivity contribution in [1.82, 2.24) is 0 Å². The van der Waals surface area contributed by atoms with Crippen molar-refractivity contribution < 1.29 is 52.1 Å². The van der Waals surface area contributed by atoms with E-state index < -0.39 is 44.3 Å². The third-order valence-electron chi connectivity index (χ3n) is 2.20. The summed E-state index contributed by atoms with van der Waals surface area (Å²) in [7, 11) is -9.71. The molecule has 0 rings (SSSR count). The van der Waals surface area contributed by atoms with E-state index in [9.17, 15) is 52.1 Å². The Hall–Kier alpha value is -0.410. The molecule has 0 heterocycles. The van der Waals surface area contributed by atoms with Crippen LogP contribution in [-0.2, 0) is 0 Å². The predicted molar refractivity (Wildman–Crippen MR) is 41.7 cm³/mol. The van der Waals surface area contributed by atoms with Gasteiger partial charge in [-0.05, 0) is 0 Å². The van der Waals surface area contributed by atoms with Crippen molar-refractivity contribution in [2.24, 2.45) is 0 Å². The SMILES string of the molecule is CC(C(F)(F)F)P(F)(F)(F)C(C(F)(F)F)C(F)(F)F. The Bertz CT molecular complexity index is 311. The zero-order valence-corrected chi connectivity index (χ0v) is 9.53. The molecule has 0 aromatic carbocycles. The molecule has 0 fully saturated rings. The molecule has 1 atom stereocenters. The first-order valence-corrected chi connectivity index (χ1v) is 6.21. The molecule has 0 saturated heterocycles. The average molecular weight is 336 g/mol. The van der Waals surface area contributed by atoms with Crippen LogP contribution in [0.2, 0.25) is 0 Å². The summed E-state index contributed by atoms with van der Waals surface area (Å²) in [4.78, 5) is 0. The third kappa shape index (κ3) is 3.79. The van der Waals surface area contributed by atoms with Crippen molar-refractivity contribution in [3.63, 3.8) is 0 Å². The van der Waals surface area contributed by atoms with E-state index in [2.05, 4.69) is 0 Å². The zero-order valence-electron chi connectivity index (χ0n) is 8.64. The molecule has 19 heavy (non-hydrogen) atoms. The number of hydrogen-bond donors (Lipinski definition) is 0. The molecule has 0 aliphatic heterocycles. The standard InChI is InChI=1S/C6H5F12P/c1-2(4(7,8)9)19(16,17,18)3(5(10,11)12)6(13,14)15/h2-3H,1H3. The monoisotopic (exact) mass is 336 g/mol. The molecule has 0 aliphatic rings. The number of hydrogen-bond acceptors (Lipinski definition) is 0. The van der Waals surface area contributed by atoms with E-state index in [1.165, 1.54) is 0 Å². The van der Waals surface area contributed by atoms with Crippen LogP contribution in [0.15, 0.2) is 0 Å². The van der Waals surface area contributed by atoms with Gasteiger partial charge in [0.15, 0.2) is 0 Å². The predicted octanol–water partition coefficient (Wildman–Crippen LogP) is 5.64. The molecule has 0 N–H and O–H groups in total. The van der Waals surface area contributed by atoms with Crippen molar-refractivity contribution >= 4 is 7.54 Å². The Morgan fingerprint density at radius 1 is 0.632 bits per heavy atom. The van der Waals surface area contributed by atoms with E-state index in [0.717, 1.165) is 0 Å². The van der Waals surface area contributed by atoms with Crippen molar-refractivity contribution in [3.8, 4) is 0 Å². The van der Waals surface area contributed by atoms with Crippen molar-refractivity contribution in [1.29, 1.82) is 0 Å². The first-order valence-electron chi connectivity index (χ1n) is 4.17. The third-order valence-corrected chi connectivity index (χ3v) is 5.29. The Morgan fingerprint density at radius 2 is 0.895 bits per heavy atom. The van der Waals surface area contributed by atoms with Crippen molar-refractivity contribution in [2.45, 2.75) is 36.8 Å². The first-order chi connectivity index (χ1) is 7.80. The molecule has 1 unspecified atom stereocenters. The summed E-state index contributed by atoms with van der Waals surface area (Å²) < 4.78 is 146. The summed E-state index contributed by atoms with van der Waals surface area (Å²) in [5.74, 6) is 0. The van der Waals surface area contributed by atoms with Gasteiger partial charge >= 0.3 is 96.4 Å². The maximum absolute atomic E-state index is 13.0. The molecule has 0 radical (unpaired) electrons. The normalized spacial score (nSPS) is 19.2. The molecule has 0 bridgehead atoms. The van der Waals surface area contributed by atoms with Crippen LogP contribution >= 0.6 is 7.54 Å². The van der Waals surface area contributed by atoms with Crippen LogP contribution in [0, 0.1) is 0 Å². The molecule has 0 nitrogen and oxygen atoms in total. The second-order valence-corrected chi connectivity index (χ2v) is 6.77. The van der Waals surface area contributed by atoms with E-state index in [1.807, 2.05) is 0 Å². The summed E-state index contributed by atoms with van der Waals surface area (Å²) in [6.45, 7) is -0.748. The summed E-state index contributed by atoms with van der Waals surface area (Å²) in [5.41, 5.74) is -10.6. The van der Waals surface area contributed by atoms with Gasteiger partial charge in [-0.3, -0.25) is 0 Å². The zero-order chi connectivity index (χ0) is 16.1. The van der Waals surface area contributed by atoms with Crippen LogP contribution < -0.4 is 0 Å². The number of halogens is 12. The van der Waals surface area contributed by atoms with Gasteiger partial charge in [0.2, 0.25) is 0 Å². The molecule has 0 aliphatic carbocycles. The molecule has 13 heteroatoms. The fraction of sp³-hybridized carbons (Fsp3) is 1.00. The van der Waals surface area contributed by atoms with E-state index in [4.69, 9.17) is 0 Å². The van der Waals surface area contributed by atoms with E-state index >= 15 is 0 Å². The summed E-state index contributed by atoms with van der Waals surface area (Å²) in [6, 6.07) is 0. The van der Waals surface area contributed by atoms with Gasteiger partial charge in [-0.2, -0.15) is 0 Å². The minimum absolute atomic E-state index is 0.748. The summed E-state index contributed by atoms with van der Waals surface area (Å²) >= 11 is 0. The summed E-state index contributed by atoms with van der Waals surface area (Å²) in [6.07, 6.45) is -20.0. The molecule has 118 valence electrons. The molecule has 0 amide bonds. The fourth-order valence-electron chi connectivity index (χ4n) is 1.16. The van der Waals surface area contributed by atoms with E-state index in [1.54, 1.807) is 0 Å². The molecule has 0 spiro atoms. The van der Waals surface area contributed by atoms with Crippen LogP contribution in [0.1, 0.15) is 6.92 Å². The second-order valence-electron chi connectivity index (χ2n) is 3.63.